The number of ether oxygens (including phenoxy) is 1. The summed E-state index contributed by atoms with van der Waals surface area (Å²) in [5, 5.41) is 0. The van der Waals surface area contributed by atoms with E-state index < -0.39 is 36.1 Å². The largest absolute Gasteiger partial charge is 0.462 e. The zero-order valence-electron chi connectivity index (χ0n) is 12.9. The van der Waals surface area contributed by atoms with Gasteiger partial charge in [-0.25, -0.2) is 8.78 Å². The average Bonchev–Trinajstić information content (AvgIpc) is 2.75. The third-order valence-electron chi connectivity index (χ3n) is 5.03. The topological polar surface area (TPSA) is 39.2 Å². The van der Waals surface area contributed by atoms with Crippen LogP contribution >= 0.6 is 15.9 Å². The van der Waals surface area contributed by atoms with Crippen molar-refractivity contribution in [3.05, 3.63) is 34.6 Å². The number of fused-ring (bicyclic) bond motifs is 1. The number of aromatic nitrogens is 1. The molecule has 6 heteroatoms. The first-order chi connectivity index (χ1) is 10.8. The Balaban J connectivity index is 1.90. The number of allylic oxidation sites excluding steroid dienone is 1. The van der Waals surface area contributed by atoms with E-state index in [2.05, 4.69) is 20.9 Å². The second-order valence-electron chi connectivity index (χ2n) is 6.42. The number of carbonyl (C=O) groups excluding carboxylic acids is 1. The zero-order valence-corrected chi connectivity index (χ0v) is 14.5. The fourth-order valence-electron chi connectivity index (χ4n) is 3.72. The van der Waals surface area contributed by atoms with Gasteiger partial charge in [0, 0.05) is 28.9 Å². The van der Waals surface area contributed by atoms with Crippen molar-refractivity contribution in [2.75, 3.05) is 0 Å². The summed E-state index contributed by atoms with van der Waals surface area (Å²) in [6.45, 7) is 3.34. The maximum absolute atomic E-state index is 14.3. The fourth-order valence-corrected chi connectivity index (χ4v) is 3.95. The Labute approximate surface area is 142 Å². The first-order valence-corrected chi connectivity index (χ1v) is 8.47. The van der Waals surface area contributed by atoms with Crippen molar-refractivity contribution in [2.24, 2.45) is 23.7 Å². The highest BCUT2D eigenvalue weighted by Gasteiger charge is 2.59. The summed E-state index contributed by atoms with van der Waals surface area (Å²) in [6.07, 6.45) is 4.43. The van der Waals surface area contributed by atoms with E-state index in [1.54, 1.807) is 32.2 Å². The number of hydrogen-bond acceptors (Lipinski definition) is 3. The maximum Gasteiger partial charge on any atom is 0.309 e. The van der Waals surface area contributed by atoms with Gasteiger partial charge in [-0.2, -0.15) is 0 Å². The van der Waals surface area contributed by atoms with Crippen molar-refractivity contribution in [3.63, 3.8) is 0 Å². The molecule has 1 saturated carbocycles. The number of pyridine rings is 1. The first kappa shape index (κ1) is 16.6. The molecule has 3 nitrogen and oxygen atoms in total. The molecule has 3 rings (SSSR count). The molecular weight excluding hydrogens is 368 g/mol. The third-order valence-corrected chi connectivity index (χ3v) is 5.50. The second kappa shape index (κ2) is 5.96. The quantitative estimate of drug-likeness (QED) is 0.711. The summed E-state index contributed by atoms with van der Waals surface area (Å²) in [4.78, 5) is 16.1. The predicted octanol–water partition coefficient (Wildman–Crippen LogP) is 4.33. The van der Waals surface area contributed by atoms with Crippen molar-refractivity contribution >= 4 is 28.0 Å². The lowest BCUT2D eigenvalue weighted by Gasteiger charge is -2.41. The highest BCUT2D eigenvalue weighted by Crippen LogP contribution is 2.52. The average molecular weight is 386 g/mol. The number of nitrogens with zero attached hydrogens (tertiary/aromatic N) is 1. The van der Waals surface area contributed by atoms with Gasteiger partial charge >= 0.3 is 5.97 Å². The number of rotatable bonds is 2. The highest BCUT2D eigenvalue weighted by atomic mass is 79.9. The molecule has 0 N–H and O–H groups in total. The SMILES string of the molecule is CC1OC(=O)C2CC(F)(F)C(C)C(C=Cc3ccc(Br)cn3)C12. The summed E-state index contributed by atoms with van der Waals surface area (Å²) in [6, 6.07) is 3.66. The minimum absolute atomic E-state index is 0.205. The molecule has 124 valence electrons. The molecule has 0 amide bonds. The Kier molecular flexibility index (Phi) is 4.29. The lowest BCUT2D eigenvalue weighted by molar-refractivity contribution is -0.152. The molecule has 1 saturated heterocycles. The molecule has 1 aliphatic carbocycles. The van der Waals surface area contributed by atoms with Crippen LogP contribution < -0.4 is 0 Å². The van der Waals surface area contributed by atoms with E-state index >= 15 is 0 Å². The van der Waals surface area contributed by atoms with E-state index in [0.717, 1.165) is 4.47 Å². The number of halogens is 3. The van der Waals surface area contributed by atoms with Crippen molar-refractivity contribution in [1.29, 1.82) is 0 Å². The van der Waals surface area contributed by atoms with Crippen LogP contribution in [0.15, 0.2) is 28.9 Å². The maximum atomic E-state index is 14.3. The summed E-state index contributed by atoms with van der Waals surface area (Å²) in [5.74, 6) is -5.54. The standard InChI is InChI=1S/C17H18BrF2NO2/c1-9-13(6-5-12-4-3-11(18)8-21-12)15-10(2)23-16(22)14(15)7-17(9,19)20/h3-6,8-10,13-15H,7H2,1-2H3. The number of cyclic esters (lactones) is 1. The van der Waals surface area contributed by atoms with Gasteiger partial charge in [0.2, 0.25) is 0 Å². The van der Waals surface area contributed by atoms with E-state index in [1.165, 1.54) is 0 Å². The van der Waals surface area contributed by atoms with Gasteiger partial charge in [-0.05, 0) is 47.0 Å². The van der Waals surface area contributed by atoms with Crippen molar-refractivity contribution < 1.29 is 18.3 Å². The Morgan fingerprint density at radius 1 is 1.39 bits per heavy atom. The predicted molar refractivity (Wildman–Crippen MR) is 85.7 cm³/mol. The molecule has 2 aliphatic rings. The zero-order chi connectivity index (χ0) is 16.8. The van der Waals surface area contributed by atoms with E-state index in [9.17, 15) is 13.6 Å². The van der Waals surface area contributed by atoms with Crippen LogP contribution in [0.2, 0.25) is 0 Å². The van der Waals surface area contributed by atoms with Crippen LogP contribution in [0.1, 0.15) is 26.0 Å². The Hall–Kier alpha value is -1.30. The van der Waals surface area contributed by atoms with E-state index in [4.69, 9.17) is 4.74 Å². The van der Waals surface area contributed by atoms with Crippen LogP contribution in [0.4, 0.5) is 8.78 Å². The molecule has 5 atom stereocenters. The molecule has 1 aromatic heterocycles. The lowest BCUT2D eigenvalue weighted by atomic mass is 9.64. The molecule has 0 radical (unpaired) electrons. The molecular formula is C17H18BrF2NO2. The minimum Gasteiger partial charge on any atom is -0.462 e. The van der Waals surface area contributed by atoms with Crippen molar-refractivity contribution in [1.82, 2.24) is 4.98 Å². The number of carbonyl (C=O) groups is 1. The fraction of sp³-hybridized carbons (Fsp3) is 0.529. The summed E-state index contributed by atoms with van der Waals surface area (Å²) < 4.78 is 34.7. The van der Waals surface area contributed by atoms with Gasteiger partial charge in [0.05, 0.1) is 11.6 Å². The van der Waals surface area contributed by atoms with Crippen LogP contribution in [0.3, 0.4) is 0 Å². The molecule has 1 aliphatic heterocycles. The first-order valence-electron chi connectivity index (χ1n) is 7.67. The van der Waals surface area contributed by atoms with Gasteiger partial charge in [-0.1, -0.05) is 13.0 Å². The smallest absolute Gasteiger partial charge is 0.309 e. The van der Waals surface area contributed by atoms with E-state index in [-0.39, 0.29) is 12.0 Å². The van der Waals surface area contributed by atoms with Gasteiger partial charge in [0.1, 0.15) is 6.10 Å². The lowest BCUT2D eigenvalue weighted by Crippen LogP contribution is -2.46. The second-order valence-corrected chi connectivity index (χ2v) is 7.33. The molecule has 2 heterocycles. The third kappa shape index (κ3) is 3.05. The Bertz CT molecular complexity index is 632. The normalized spacial score (nSPS) is 36.0. The summed E-state index contributed by atoms with van der Waals surface area (Å²) >= 11 is 3.31. The minimum atomic E-state index is -2.87. The Morgan fingerprint density at radius 2 is 2.13 bits per heavy atom. The number of esters is 1. The van der Waals surface area contributed by atoms with Crippen molar-refractivity contribution in [2.45, 2.75) is 32.3 Å². The monoisotopic (exact) mass is 385 g/mol. The van der Waals surface area contributed by atoms with Crippen LogP contribution in [0, 0.1) is 23.7 Å². The van der Waals surface area contributed by atoms with Crippen LogP contribution in [-0.2, 0) is 9.53 Å². The summed E-state index contributed by atoms with van der Waals surface area (Å²) in [5.41, 5.74) is 0.698. The molecule has 0 spiro atoms. The van der Waals surface area contributed by atoms with Gasteiger partial charge in [0.15, 0.2) is 0 Å². The van der Waals surface area contributed by atoms with Gasteiger partial charge < -0.3 is 4.74 Å². The highest BCUT2D eigenvalue weighted by molar-refractivity contribution is 9.10. The van der Waals surface area contributed by atoms with Gasteiger partial charge in [0.25, 0.3) is 5.92 Å². The van der Waals surface area contributed by atoms with Crippen molar-refractivity contribution in [3.8, 4) is 0 Å². The summed E-state index contributed by atoms with van der Waals surface area (Å²) in [7, 11) is 0. The number of alkyl halides is 2. The molecule has 0 bridgehead atoms. The molecule has 2 fully saturated rings. The van der Waals surface area contributed by atoms with E-state index in [1.807, 2.05) is 12.1 Å². The molecule has 5 unspecified atom stereocenters. The molecule has 0 aromatic carbocycles. The molecule has 1 aromatic rings. The number of hydrogen-bond donors (Lipinski definition) is 0. The Morgan fingerprint density at radius 3 is 2.78 bits per heavy atom. The van der Waals surface area contributed by atoms with Crippen LogP contribution in [0.5, 0.6) is 0 Å². The molecule has 23 heavy (non-hydrogen) atoms. The van der Waals surface area contributed by atoms with Crippen LogP contribution in [-0.4, -0.2) is 23.0 Å². The van der Waals surface area contributed by atoms with Gasteiger partial charge in [-0.15, -0.1) is 0 Å². The van der Waals surface area contributed by atoms with Gasteiger partial charge in [-0.3, -0.25) is 9.78 Å². The van der Waals surface area contributed by atoms with Crippen LogP contribution in [0.25, 0.3) is 6.08 Å². The van der Waals surface area contributed by atoms with E-state index in [0.29, 0.717) is 5.69 Å².